The van der Waals surface area contributed by atoms with Gasteiger partial charge in [0.25, 0.3) is 10.0 Å². The highest BCUT2D eigenvalue weighted by Crippen LogP contribution is 2.31. The molecule has 1 heterocycles. The van der Waals surface area contributed by atoms with Crippen LogP contribution in [0.2, 0.25) is 0 Å². The zero-order valence-electron chi connectivity index (χ0n) is 10.5. The minimum Gasteiger partial charge on any atom is -0.255 e. The molecule has 6 heteroatoms. The van der Waals surface area contributed by atoms with E-state index in [0.29, 0.717) is 10.0 Å². The first-order valence-electron chi connectivity index (χ1n) is 6.13. The lowest BCUT2D eigenvalue weighted by atomic mass is 10.2. The van der Waals surface area contributed by atoms with Crippen LogP contribution >= 0.6 is 11.3 Å². The van der Waals surface area contributed by atoms with Crippen LogP contribution in [0.4, 0.5) is 5.13 Å². The number of hydrogen-bond acceptors (Lipinski definition) is 4. The highest BCUT2D eigenvalue weighted by molar-refractivity contribution is 7.93. The molecular formula is C13H14N2O2S2. The normalized spacial score (nSPS) is 14.4. The Kier molecular flexibility index (Phi) is 3.06. The van der Waals surface area contributed by atoms with Crippen LogP contribution in [-0.2, 0) is 22.9 Å². The van der Waals surface area contributed by atoms with Crippen LogP contribution in [0.5, 0.6) is 0 Å². The maximum absolute atomic E-state index is 12.3. The summed E-state index contributed by atoms with van der Waals surface area (Å²) in [5.41, 5.74) is 1.78. The molecule has 0 bridgehead atoms. The predicted octanol–water partition coefficient (Wildman–Crippen LogP) is 2.74. The molecule has 0 fully saturated rings. The maximum Gasteiger partial charge on any atom is 0.263 e. The van der Waals surface area contributed by atoms with Crippen molar-refractivity contribution in [1.29, 1.82) is 0 Å². The van der Waals surface area contributed by atoms with E-state index in [1.54, 1.807) is 25.1 Å². The summed E-state index contributed by atoms with van der Waals surface area (Å²) in [7, 11) is -3.53. The third kappa shape index (κ3) is 2.37. The number of benzene rings is 1. The number of aromatic nitrogens is 1. The SMILES string of the molecule is Cc1ccccc1S(=O)(=O)Nc1nc2c(s1)CCC2. The second-order valence-electron chi connectivity index (χ2n) is 4.61. The molecule has 100 valence electrons. The van der Waals surface area contributed by atoms with E-state index in [1.807, 2.05) is 6.07 Å². The lowest BCUT2D eigenvalue weighted by Crippen LogP contribution is -2.14. The van der Waals surface area contributed by atoms with E-state index in [9.17, 15) is 8.42 Å². The summed E-state index contributed by atoms with van der Waals surface area (Å²) in [5.74, 6) is 0. The third-order valence-corrected chi connectivity index (χ3v) is 5.90. The standard InChI is InChI=1S/C13H14N2O2S2/c1-9-5-2-3-8-12(9)19(16,17)15-13-14-10-6-4-7-11(10)18-13/h2-3,5,8H,4,6-7H2,1H3,(H,14,15). The zero-order valence-corrected chi connectivity index (χ0v) is 12.1. The number of hydrogen-bond donors (Lipinski definition) is 1. The maximum atomic E-state index is 12.3. The van der Waals surface area contributed by atoms with Crippen molar-refractivity contribution in [2.75, 3.05) is 4.72 Å². The number of rotatable bonds is 3. The van der Waals surface area contributed by atoms with Gasteiger partial charge in [0.2, 0.25) is 0 Å². The highest BCUT2D eigenvalue weighted by atomic mass is 32.2. The van der Waals surface area contributed by atoms with Crippen LogP contribution in [0, 0.1) is 6.92 Å². The average molecular weight is 294 g/mol. The Morgan fingerprint density at radius 1 is 1.26 bits per heavy atom. The Hall–Kier alpha value is -1.40. The highest BCUT2D eigenvalue weighted by Gasteiger charge is 2.21. The molecule has 1 aromatic heterocycles. The topological polar surface area (TPSA) is 59.1 Å². The average Bonchev–Trinajstić information content (AvgIpc) is 2.89. The number of thiazole rings is 1. The Morgan fingerprint density at radius 3 is 2.79 bits per heavy atom. The quantitative estimate of drug-likeness (QED) is 0.947. The summed E-state index contributed by atoms with van der Waals surface area (Å²) in [6, 6.07) is 6.95. The van der Waals surface area contributed by atoms with Crippen molar-refractivity contribution in [2.24, 2.45) is 0 Å². The van der Waals surface area contributed by atoms with Gasteiger partial charge >= 0.3 is 0 Å². The van der Waals surface area contributed by atoms with E-state index >= 15 is 0 Å². The molecule has 0 unspecified atom stereocenters. The van der Waals surface area contributed by atoms with Crippen LogP contribution in [0.3, 0.4) is 0 Å². The van der Waals surface area contributed by atoms with Crippen LogP contribution < -0.4 is 4.72 Å². The molecule has 1 aliphatic carbocycles. The van der Waals surface area contributed by atoms with Gasteiger partial charge in [0.15, 0.2) is 5.13 Å². The van der Waals surface area contributed by atoms with Gasteiger partial charge in [0, 0.05) is 4.88 Å². The van der Waals surface area contributed by atoms with Gasteiger partial charge in [-0.3, -0.25) is 4.72 Å². The fourth-order valence-corrected chi connectivity index (χ4v) is 4.79. The molecule has 4 nitrogen and oxygen atoms in total. The largest absolute Gasteiger partial charge is 0.263 e. The minimum absolute atomic E-state index is 0.311. The number of nitrogens with zero attached hydrogens (tertiary/aromatic N) is 1. The fourth-order valence-electron chi connectivity index (χ4n) is 2.26. The van der Waals surface area contributed by atoms with Crippen molar-refractivity contribution in [3.63, 3.8) is 0 Å². The van der Waals surface area contributed by atoms with Gasteiger partial charge in [0.1, 0.15) is 0 Å². The zero-order chi connectivity index (χ0) is 13.5. The van der Waals surface area contributed by atoms with Gasteiger partial charge in [-0.2, -0.15) is 0 Å². The van der Waals surface area contributed by atoms with Gasteiger partial charge in [0.05, 0.1) is 10.6 Å². The second-order valence-corrected chi connectivity index (χ2v) is 7.35. The van der Waals surface area contributed by atoms with Gasteiger partial charge < -0.3 is 0 Å². The Bertz CT molecular complexity index is 698. The van der Waals surface area contributed by atoms with Crippen molar-refractivity contribution >= 4 is 26.5 Å². The fraction of sp³-hybridized carbons (Fsp3) is 0.308. The molecule has 0 saturated heterocycles. The summed E-state index contributed by atoms with van der Waals surface area (Å²) in [5, 5.41) is 0.480. The molecule has 1 aromatic carbocycles. The summed E-state index contributed by atoms with van der Waals surface area (Å²) in [6.07, 6.45) is 3.09. The third-order valence-electron chi connectivity index (χ3n) is 3.20. The van der Waals surface area contributed by atoms with E-state index < -0.39 is 10.0 Å². The van der Waals surface area contributed by atoms with E-state index in [0.717, 1.165) is 30.5 Å². The molecule has 0 saturated carbocycles. The van der Waals surface area contributed by atoms with Crippen LogP contribution in [0.1, 0.15) is 22.6 Å². The van der Waals surface area contributed by atoms with Crippen LogP contribution in [0.15, 0.2) is 29.2 Å². The molecular weight excluding hydrogens is 280 g/mol. The number of anilines is 1. The van der Waals surface area contributed by atoms with Gasteiger partial charge in [-0.15, -0.1) is 11.3 Å². The van der Waals surface area contributed by atoms with E-state index in [-0.39, 0.29) is 0 Å². The lowest BCUT2D eigenvalue weighted by molar-refractivity contribution is 0.600. The summed E-state index contributed by atoms with van der Waals surface area (Å²) >= 11 is 1.45. The lowest BCUT2D eigenvalue weighted by Gasteiger charge is -2.07. The smallest absolute Gasteiger partial charge is 0.255 e. The Labute approximate surface area is 116 Å². The van der Waals surface area contributed by atoms with Crippen LogP contribution in [-0.4, -0.2) is 13.4 Å². The number of nitrogens with one attached hydrogen (secondary N) is 1. The summed E-state index contributed by atoms with van der Waals surface area (Å²) in [4.78, 5) is 5.88. The number of aryl methyl sites for hydroxylation is 3. The summed E-state index contributed by atoms with van der Waals surface area (Å²) in [6.45, 7) is 1.79. The molecule has 3 rings (SSSR count). The van der Waals surface area contributed by atoms with Gasteiger partial charge in [-0.25, -0.2) is 13.4 Å². The Morgan fingerprint density at radius 2 is 2.05 bits per heavy atom. The second kappa shape index (κ2) is 4.61. The first-order valence-corrected chi connectivity index (χ1v) is 8.43. The van der Waals surface area contributed by atoms with E-state index in [4.69, 9.17) is 0 Å². The van der Waals surface area contributed by atoms with Crippen molar-refractivity contribution in [2.45, 2.75) is 31.1 Å². The van der Waals surface area contributed by atoms with Crippen molar-refractivity contribution < 1.29 is 8.42 Å². The first kappa shape index (κ1) is 12.6. The molecule has 0 spiro atoms. The molecule has 0 radical (unpaired) electrons. The molecule has 1 aliphatic rings. The van der Waals surface area contributed by atoms with E-state index in [2.05, 4.69) is 9.71 Å². The predicted molar refractivity (Wildman–Crippen MR) is 76.1 cm³/mol. The summed E-state index contributed by atoms with van der Waals surface area (Å²) < 4.78 is 27.2. The van der Waals surface area contributed by atoms with Crippen LogP contribution in [0.25, 0.3) is 0 Å². The first-order chi connectivity index (χ1) is 9.06. The molecule has 0 amide bonds. The molecule has 0 atom stereocenters. The van der Waals surface area contributed by atoms with Gasteiger partial charge in [-0.05, 0) is 37.8 Å². The van der Waals surface area contributed by atoms with E-state index in [1.165, 1.54) is 16.2 Å². The van der Waals surface area contributed by atoms with Crippen molar-refractivity contribution in [3.8, 4) is 0 Å². The molecule has 2 aromatic rings. The Balaban J connectivity index is 1.91. The monoisotopic (exact) mass is 294 g/mol. The number of fused-ring (bicyclic) bond motifs is 1. The minimum atomic E-state index is -3.53. The molecule has 1 N–H and O–H groups in total. The van der Waals surface area contributed by atoms with Crippen molar-refractivity contribution in [1.82, 2.24) is 4.98 Å². The van der Waals surface area contributed by atoms with Gasteiger partial charge in [-0.1, -0.05) is 18.2 Å². The van der Waals surface area contributed by atoms with Crippen molar-refractivity contribution in [3.05, 3.63) is 40.4 Å². The molecule has 0 aliphatic heterocycles. The molecule has 19 heavy (non-hydrogen) atoms. The number of sulfonamides is 1.